The molecule has 0 spiro atoms. The lowest BCUT2D eigenvalue weighted by atomic mass is 9.81. The molecular formula is C18H20BF3N2O4. The number of aromatic nitrogens is 2. The average Bonchev–Trinajstić information content (AvgIpc) is 3.11. The van der Waals surface area contributed by atoms with Crippen molar-refractivity contribution in [3.8, 4) is 22.9 Å². The molecule has 0 amide bonds. The summed E-state index contributed by atoms with van der Waals surface area (Å²) in [6.45, 7) is 2.48. The molecule has 0 saturated carbocycles. The van der Waals surface area contributed by atoms with E-state index in [0.717, 1.165) is 12.5 Å². The zero-order valence-corrected chi connectivity index (χ0v) is 15.5. The van der Waals surface area contributed by atoms with E-state index in [2.05, 4.69) is 9.97 Å². The van der Waals surface area contributed by atoms with Crippen molar-refractivity contribution < 1.29 is 32.3 Å². The van der Waals surface area contributed by atoms with Crippen molar-refractivity contribution in [3.63, 3.8) is 0 Å². The summed E-state index contributed by atoms with van der Waals surface area (Å²) in [5, 5.41) is 9.53. The van der Waals surface area contributed by atoms with E-state index < -0.39 is 24.9 Å². The third-order valence-electron chi connectivity index (χ3n) is 4.31. The first kappa shape index (κ1) is 20.4. The van der Waals surface area contributed by atoms with Gasteiger partial charge in [-0.2, -0.15) is 13.2 Å². The predicted molar refractivity (Wildman–Crippen MR) is 96.3 cm³/mol. The maximum Gasteiger partial charge on any atom is 0.454 e. The van der Waals surface area contributed by atoms with Crippen LogP contribution < -0.4 is 9.47 Å². The fraction of sp³-hybridized carbons (Fsp3) is 0.444. The molecule has 1 aliphatic rings. The monoisotopic (exact) mass is 396 g/mol. The molecule has 10 heteroatoms. The summed E-state index contributed by atoms with van der Waals surface area (Å²) in [5.74, 6) is 0.364. The van der Waals surface area contributed by atoms with E-state index in [-0.39, 0.29) is 24.4 Å². The molecule has 1 aliphatic heterocycles. The van der Waals surface area contributed by atoms with Crippen LogP contribution in [0.15, 0.2) is 24.3 Å². The molecule has 0 bridgehead atoms. The smallest absolute Gasteiger partial charge is 0.454 e. The number of benzene rings is 1. The maximum atomic E-state index is 13.4. The molecule has 0 radical (unpaired) electrons. The van der Waals surface area contributed by atoms with Crippen molar-refractivity contribution in [2.24, 2.45) is 0 Å². The molecule has 3 rings (SSSR count). The van der Waals surface area contributed by atoms with Gasteiger partial charge in [0.1, 0.15) is 5.69 Å². The lowest BCUT2D eigenvalue weighted by Crippen LogP contribution is -2.13. The number of nitrogens with zero attached hydrogens (tertiary/aromatic N) is 2. The Balaban J connectivity index is 2.05. The van der Waals surface area contributed by atoms with Gasteiger partial charge in [-0.25, -0.2) is 9.97 Å². The van der Waals surface area contributed by atoms with E-state index in [9.17, 15) is 18.2 Å². The third-order valence-corrected chi connectivity index (χ3v) is 4.31. The molecule has 6 nitrogen and oxygen atoms in total. The minimum absolute atomic E-state index is 0.0739. The number of hydrogen-bond donors (Lipinski definition) is 1. The van der Waals surface area contributed by atoms with Gasteiger partial charge < -0.3 is 19.2 Å². The summed E-state index contributed by atoms with van der Waals surface area (Å²) in [4.78, 5) is 8.02. The second-order valence-electron chi connectivity index (χ2n) is 6.43. The highest BCUT2D eigenvalue weighted by molar-refractivity contribution is 6.43. The minimum Gasteiger partial charge on any atom is -0.493 e. The van der Waals surface area contributed by atoms with E-state index in [1.54, 1.807) is 18.2 Å². The quantitative estimate of drug-likeness (QED) is 0.753. The zero-order chi connectivity index (χ0) is 20.3. The standard InChI is InChI=1S/C18H20BF3N2O4/c1-3-6-27-15-7-11(4-5-14(15)26-2)17-23-13(12-9-19(25)28-10-12)8-16(24-17)18(20,21)22/h4-5,7-8,12,25H,3,6,9-10H2,1-2H3/t12-/m1/s1. The highest BCUT2D eigenvalue weighted by Crippen LogP contribution is 2.36. The largest absolute Gasteiger partial charge is 0.493 e. The number of alkyl halides is 3. The van der Waals surface area contributed by atoms with E-state index in [1.165, 1.54) is 7.11 Å². The van der Waals surface area contributed by atoms with Crippen LogP contribution in [-0.2, 0) is 10.8 Å². The first-order chi connectivity index (χ1) is 13.3. The maximum absolute atomic E-state index is 13.4. The van der Waals surface area contributed by atoms with Gasteiger partial charge in [-0.3, -0.25) is 0 Å². The van der Waals surface area contributed by atoms with Crippen LogP contribution in [0.25, 0.3) is 11.4 Å². The molecule has 1 N–H and O–H groups in total. The molecule has 150 valence electrons. The van der Waals surface area contributed by atoms with Gasteiger partial charge in [0.05, 0.1) is 13.7 Å². The van der Waals surface area contributed by atoms with Crippen molar-refractivity contribution in [3.05, 3.63) is 35.7 Å². The van der Waals surface area contributed by atoms with Crippen LogP contribution >= 0.6 is 0 Å². The highest BCUT2D eigenvalue weighted by Gasteiger charge is 2.37. The van der Waals surface area contributed by atoms with Crippen LogP contribution in [0.5, 0.6) is 11.5 Å². The zero-order valence-electron chi connectivity index (χ0n) is 15.5. The Morgan fingerprint density at radius 2 is 2.04 bits per heavy atom. The van der Waals surface area contributed by atoms with Crippen molar-refractivity contribution in [2.75, 3.05) is 20.3 Å². The van der Waals surface area contributed by atoms with Crippen molar-refractivity contribution in [1.29, 1.82) is 0 Å². The molecule has 1 aromatic heterocycles. The summed E-state index contributed by atoms with van der Waals surface area (Å²) < 4.78 is 56.1. The van der Waals surface area contributed by atoms with Gasteiger partial charge in [-0.1, -0.05) is 6.92 Å². The van der Waals surface area contributed by atoms with Crippen LogP contribution in [-0.4, -0.2) is 42.4 Å². The number of hydrogen-bond acceptors (Lipinski definition) is 6. The lowest BCUT2D eigenvalue weighted by molar-refractivity contribution is -0.141. The summed E-state index contributed by atoms with van der Waals surface area (Å²) in [6, 6.07) is 5.66. The fourth-order valence-electron chi connectivity index (χ4n) is 2.90. The first-order valence-corrected chi connectivity index (χ1v) is 8.89. The van der Waals surface area contributed by atoms with E-state index in [0.29, 0.717) is 23.7 Å². The first-order valence-electron chi connectivity index (χ1n) is 8.89. The second kappa shape index (κ2) is 8.36. The molecular weight excluding hydrogens is 376 g/mol. The molecule has 2 aromatic rings. The fourth-order valence-corrected chi connectivity index (χ4v) is 2.90. The van der Waals surface area contributed by atoms with Crippen LogP contribution in [0, 0.1) is 0 Å². The second-order valence-corrected chi connectivity index (χ2v) is 6.43. The van der Waals surface area contributed by atoms with E-state index in [4.69, 9.17) is 14.1 Å². The Morgan fingerprint density at radius 3 is 2.64 bits per heavy atom. The summed E-state index contributed by atoms with van der Waals surface area (Å²) in [6.07, 6.45) is -3.68. The van der Waals surface area contributed by atoms with Gasteiger partial charge in [0, 0.05) is 23.8 Å². The number of rotatable bonds is 6. The third kappa shape index (κ3) is 4.56. The lowest BCUT2D eigenvalue weighted by Gasteiger charge is -2.15. The number of ether oxygens (including phenoxy) is 2. The highest BCUT2D eigenvalue weighted by atomic mass is 19.4. The minimum atomic E-state index is -4.63. The van der Waals surface area contributed by atoms with Gasteiger partial charge in [0.25, 0.3) is 0 Å². The Morgan fingerprint density at radius 1 is 1.25 bits per heavy atom. The molecule has 2 heterocycles. The average molecular weight is 396 g/mol. The SMILES string of the molecule is CCCOc1cc(-c2nc([C@H]3COB(O)C3)cc(C(F)(F)F)n2)ccc1OC. The van der Waals surface area contributed by atoms with Crippen molar-refractivity contribution in [1.82, 2.24) is 9.97 Å². The Labute approximate surface area is 160 Å². The number of halogens is 3. The Hall–Kier alpha value is -2.33. The summed E-state index contributed by atoms with van der Waals surface area (Å²) in [5.41, 5.74) is -0.486. The van der Waals surface area contributed by atoms with Gasteiger partial charge in [-0.15, -0.1) is 0 Å². The molecule has 0 unspecified atom stereocenters. The number of methoxy groups -OCH3 is 1. The summed E-state index contributed by atoms with van der Waals surface area (Å²) in [7, 11) is 0.478. The van der Waals surface area contributed by atoms with Gasteiger partial charge >= 0.3 is 13.3 Å². The molecule has 1 fully saturated rings. The van der Waals surface area contributed by atoms with Gasteiger partial charge in [0.2, 0.25) is 0 Å². The van der Waals surface area contributed by atoms with Crippen molar-refractivity contribution in [2.45, 2.75) is 31.8 Å². The topological polar surface area (TPSA) is 73.7 Å². The Kier molecular flexibility index (Phi) is 6.09. The summed E-state index contributed by atoms with van der Waals surface area (Å²) >= 11 is 0. The van der Waals surface area contributed by atoms with Crippen LogP contribution in [0.1, 0.15) is 30.7 Å². The molecule has 1 saturated heterocycles. The predicted octanol–water partition coefficient (Wildman–Crippen LogP) is 3.55. The molecule has 1 aromatic carbocycles. The van der Waals surface area contributed by atoms with E-state index in [1.807, 2.05) is 6.92 Å². The van der Waals surface area contributed by atoms with Crippen LogP contribution in [0.3, 0.4) is 0 Å². The van der Waals surface area contributed by atoms with Crippen LogP contribution in [0.2, 0.25) is 6.32 Å². The Bertz CT molecular complexity index is 835. The van der Waals surface area contributed by atoms with Gasteiger partial charge in [0.15, 0.2) is 17.3 Å². The van der Waals surface area contributed by atoms with Gasteiger partial charge in [-0.05, 0) is 37.0 Å². The normalized spacial score (nSPS) is 17.1. The molecule has 0 aliphatic carbocycles. The molecule has 1 atom stereocenters. The van der Waals surface area contributed by atoms with Crippen LogP contribution in [0.4, 0.5) is 13.2 Å². The van der Waals surface area contributed by atoms with E-state index >= 15 is 0 Å². The van der Waals surface area contributed by atoms with Crippen molar-refractivity contribution >= 4 is 7.12 Å². The molecule has 28 heavy (non-hydrogen) atoms.